The number of furan rings is 1. The van der Waals surface area contributed by atoms with Gasteiger partial charge in [-0.1, -0.05) is 30.3 Å². The normalized spacial score (nSPS) is 12.2. The first-order chi connectivity index (χ1) is 16.2. The summed E-state index contributed by atoms with van der Waals surface area (Å²) in [5.41, 5.74) is 3.31. The van der Waals surface area contributed by atoms with Crippen molar-refractivity contribution in [3.63, 3.8) is 0 Å². The Balaban J connectivity index is 1.66. The van der Waals surface area contributed by atoms with E-state index in [9.17, 15) is 5.11 Å². The van der Waals surface area contributed by atoms with Gasteiger partial charge in [0, 0.05) is 36.9 Å². The monoisotopic (exact) mass is 447 g/mol. The van der Waals surface area contributed by atoms with Gasteiger partial charge in [0.25, 0.3) is 0 Å². The van der Waals surface area contributed by atoms with Crippen LogP contribution in [0.25, 0.3) is 33.8 Å². The van der Waals surface area contributed by atoms with E-state index in [0.29, 0.717) is 30.5 Å². The fourth-order valence-electron chi connectivity index (χ4n) is 3.60. The maximum atomic E-state index is 9.93. The number of nitrogens with zero attached hydrogens (tertiary/aromatic N) is 2. The quantitative estimate of drug-likeness (QED) is 0.335. The third kappa shape index (κ3) is 5.96. The zero-order valence-corrected chi connectivity index (χ0v) is 19.0. The average Bonchev–Trinajstić information content (AvgIpc) is 3.28. The number of nitrogens with one attached hydrogen (secondary N) is 1. The zero-order chi connectivity index (χ0) is 23.0. The summed E-state index contributed by atoms with van der Waals surface area (Å²) in [7, 11) is 3.49. The number of benzene rings is 2. The molecule has 1 atom stereocenters. The number of fused-ring (bicyclic) bond motifs is 1. The molecule has 33 heavy (non-hydrogen) atoms. The van der Waals surface area contributed by atoms with Gasteiger partial charge in [-0.25, -0.2) is 9.97 Å². The predicted molar refractivity (Wildman–Crippen MR) is 128 cm³/mol. The summed E-state index contributed by atoms with van der Waals surface area (Å²) in [6, 6.07) is 19.5. The van der Waals surface area contributed by atoms with Crippen LogP contribution in [-0.4, -0.2) is 55.1 Å². The highest BCUT2D eigenvalue weighted by molar-refractivity contribution is 5.82. The Morgan fingerprint density at radius 3 is 2.76 bits per heavy atom. The number of methoxy groups -OCH3 is 1. The van der Waals surface area contributed by atoms with Crippen molar-refractivity contribution in [3.05, 3.63) is 66.4 Å². The Morgan fingerprint density at radius 2 is 1.94 bits per heavy atom. The van der Waals surface area contributed by atoms with E-state index in [0.717, 1.165) is 40.8 Å². The Morgan fingerprint density at radius 1 is 1.06 bits per heavy atom. The number of hydrogen-bond acceptors (Lipinski definition) is 7. The van der Waals surface area contributed by atoms with E-state index in [4.69, 9.17) is 23.9 Å². The van der Waals surface area contributed by atoms with Crippen LogP contribution < -0.4 is 10.1 Å². The molecule has 4 rings (SSSR count). The molecule has 2 aromatic heterocycles. The predicted octanol–water partition coefficient (Wildman–Crippen LogP) is 4.09. The number of aromatic nitrogens is 2. The number of rotatable bonds is 11. The molecule has 0 radical (unpaired) electrons. The number of ether oxygens (including phenoxy) is 2. The summed E-state index contributed by atoms with van der Waals surface area (Å²) in [6.07, 6.45) is 1.04. The van der Waals surface area contributed by atoms with E-state index in [-0.39, 0.29) is 6.61 Å². The van der Waals surface area contributed by atoms with E-state index in [1.54, 1.807) is 14.2 Å². The van der Waals surface area contributed by atoms with Crippen LogP contribution in [0.4, 0.5) is 0 Å². The van der Waals surface area contributed by atoms with Gasteiger partial charge in [0.2, 0.25) is 0 Å². The van der Waals surface area contributed by atoms with Crippen molar-refractivity contribution in [1.29, 1.82) is 0 Å². The molecule has 0 aliphatic rings. The fraction of sp³-hybridized carbons (Fsp3) is 0.308. The third-order valence-corrected chi connectivity index (χ3v) is 5.21. The molecule has 2 heterocycles. The molecule has 4 aromatic rings. The number of aryl methyl sites for hydroxylation is 1. The van der Waals surface area contributed by atoms with Crippen molar-refractivity contribution in [1.82, 2.24) is 15.3 Å². The van der Waals surface area contributed by atoms with E-state index in [2.05, 4.69) is 5.32 Å². The second-order valence-corrected chi connectivity index (χ2v) is 7.86. The van der Waals surface area contributed by atoms with Crippen LogP contribution in [0.1, 0.15) is 12.1 Å². The van der Waals surface area contributed by atoms with Gasteiger partial charge in [0.1, 0.15) is 29.7 Å². The largest absolute Gasteiger partial charge is 0.491 e. The lowest BCUT2D eigenvalue weighted by Gasteiger charge is -2.13. The van der Waals surface area contributed by atoms with Gasteiger partial charge in [-0.05, 0) is 50.2 Å². The SMILES string of the molecule is CNCC(O)COc1cccc(-c2nc(CCCOC)cc(-c3cc4ccccc4o3)n2)c1. The maximum absolute atomic E-state index is 9.93. The smallest absolute Gasteiger partial charge is 0.160 e. The molecule has 0 aliphatic carbocycles. The molecule has 2 aromatic carbocycles. The first-order valence-electron chi connectivity index (χ1n) is 11.1. The molecule has 0 saturated carbocycles. The van der Waals surface area contributed by atoms with E-state index in [1.807, 2.05) is 60.7 Å². The summed E-state index contributed by atoms with van der Waals surface area (Å²) in [5, 5.41) is 13.9. The van der Waals surface area contributed by atoms with Crippen LogP contribution in [0, 0.1) is 0 Å². The van der Waals surface area contributed by atoms with E-state index >= 15 is 0 Å². The second-order valence-electron chi connectivity index (χ2n) is 7.86. The first-order valence-corrected chi connectivity index (χ1v) is 11.1. The maximum Gasteiger partial charge on any atom is 0.160 e. The van der Waals surface area contributed by atoms with E-state index < -0.39 is 6.10 Å². The minimum absolute atomic E-state index is 0.201. The summed E-state index contributed by atoms with van der Waals surface area (Å²) in [4.78, 5) is 9.61. The molecule has 2 N–H and O–H groups in total. The van der Waals surface area contributed by atoms with Gasteiger partial charge in [0.15, 0.2) is 11.6 Å². The molecule has 0 spiro atoms. The van der Waals surface area contributed by atoms with Gasteiger partial charge in [-0.3, -0.25) is 0 Å². The molecule has 7 nitrogen and oxygen atoms in total. The van der Waals surface area contributed by atoms with Crippen molar-refractivity contribution in [2.24, 2.45) is 0 Å². The molecule has 172 valence electrons. The lowest BCUT2D eigenvalue weighted by Crippen LogP contribution is -2.29. The molecule has 1 unspecified atom stereocenters. The van der Waals surface area contributed by atoms with Gasteiger partial charge < -0.3 is 24.3 Å². The molecule has 7 heteroatoms. The average molecular weight is 448 g/mol. The molecule has 0 saturated heterocycles. The number of aliphatic hydroxyl groups is 1. The molecule has 0 aliphatic heterocycles. The number of aliphatic hydroxyl groups excluding tert-OH is 1. The lowest BCUT2D eigenvalue weighted by molar-refractivity contribution is 0.108. The molecule has 0 bridgehead atoms. The Hall–Kier alpha value is -3.26. The van der Waals surface area contributed by atoms with Crippen molar-refractivity contribution in [3.8, 4) is 28.6 Å². The van der Waals surface area contributed by atoms with Gasteiger partial charge in [-0.15, -0.1) is 0 Å². The second kappa shape index (κ2) is 11.0. The fourth-order valence-corrected chi connectivity index (χ4v) is 3.60. The van der Waals surface area contributed by atoms with Crippen LogP contribution in [0.2, 0.25) is 0 Å². The third-order valence-electron chi connectivity index (χ3n) is 5.21. The highest BCUT2D eigenvalue weighted by Gasteiger charge is 2.14. The topological polar surface area (TPSA) is 89.6 Å². The van der Waals surface area contributed by atoms with Crippen molar-refractivity contribution >= 4 is 11.0 Å². The van der Waals surface area contributed by atoms with Crippen molar-refractivity contribution in [2.45, 2.75) is 18.9 Å². The van der Waals surface area contributed by atoms with Crippen LogP contribution in [-0.2, 0) is 11.2 Å². The Labute approximate surface area is 193 Å². The lowest BCUT2D eigenvalue weighted by atomic mass is 10.1. The summed E-state index contributed by atoms with van der Waals surface area (Å²) in [5.74, 6) is 1.96. The molecule has 0 fully saturated rings. The summed E-state index contributed by atoms with van der Waals surface area (Å²) < 4.78 is 17.0. The van der Waals surface area contributed by atoms with Crippen LogP contribution in [0.3, 0.4) is 0 Å². The zero-order valence-electron chi connectivity index (χ0n) is 19.0. The summed E-state index contributed by atoms with van der Waals surface area (Å²) >= 11 is 0. The first kappa shape index (κ1) is 22.9. The van der Waals surface area contributed by atoms with E-state index in [1.165, 1.54) is 0 Å². The van der Waals surface area contributed by atoms with Gasteiger partial charge in [0.05, 0.1) is 0 Å². The highest BCUT2D eigenvalue weighted by Crippen LogP contribution is 2.29. The standard InChI is InChI=1S/C26H29N3O4/c1-27-16-21(30)17-32-22-10-5-8-19(13-22)26-28-20(9-6-12-31-2)15-23(29-26)25-14-18-7-3-4-11-24(18)33-25/h3-5,7-8,10-11,13-15,21,27,30H,6,9,12,16-17H2,1-2H3. The van der Waals surface area contributed by atoms with Gasteiger partial charge >= 0.3 is 0 Å². The number of para-hydroxylation sites is 1. The van der Waals surface area contributed by atoms with Crippen LogP contribution >= 0.6 is 0 Å². The number of likely N-dealkylation sites (N-methyl/N-ethyl adjacent to an activating group) is 1. The molecular formula is C26H29N3O4. The van der Waals surface area contributed by atoms with Crippen molar-refractivity contribution in [2.75, 3.05) is 33.9 Å². The number of hydrogen-bond donors (Lipinski definition) is 2. The van der Waals surface area contributed by atoms with Gasteiger partial charge in [-0.2, -0.15) is 0 Å². The summed E-state index contributed by atoms with van der Waals surface area (Å²) in [6.45, 7) is 1.33. The Bertz CT molecular complexity index is 1160. The minimum Gasteiger partial charge on any atom is -0.491 e. The molecule has 0 amide bonds. The van der Waals surface area contributed by atoms with Crippen LogP contribution in [0.15, 0.2) is 65.1 Å². The molecular weight excluding hydrogens is 418 g/mol. The Kier molecular flexibility index (Phi) is 7.67. The highest BCUT2D eigenvalue weighted by atomic mass is 16.5. The van der Waals surface area contributed by atoms with Crippen molar-refractivity contribution < 1.29 is 19.0 Å². The van der Waals surface area contributed by atoms with Crippen LogP contribution in [0.5, 0.6) is 5.75 Å². The minimum atomic E-state index is -0.585.